The second kappa shape index (κ2) is 9.88. The third kappa shape index (κ3) is 5.18. The van der Waals surface area contributed by atoms with Crippen LogP contribution < -0.4 is 5.73 Å². The molecule has 1 amide bonds. The zero-order chi connectivity index (χ0) is 15.4. The van der Waals surface area contributed by atoms with Gasteiger partial charge in [-0.15, -0.1) is 36.2 Å². The summed E-state index contributed by atoms with van der Waals surface area (Å²) >= 11 is 1.65. The van der Waals surface area contributed by atoms with Crippen LogP contribution in [0.4, 0.5) is 0 Å². The summed E-state index contributed by atoms with van der Waals surface area (Å²) in [6.07, 6.45) is 0.379. The molecule has 0 spiro atoms. The van der Waals surface area contributed by atoms with Gasteiger partial charge in [-0.25, -0.2) is 4.98 Å². The lowest BCUT2D eigenvalue weighted by atomic mass is 10.2. The van der Waals surface area contributed by atoms with E-state index >= 15 is 0 Å². The van der Waals surface area contributed by atoms with Gasteiger partial charge in [0.15, 0.2) is 0 Å². The highest BCUT2D eigenvalue weighted by Gasteiger charge is 2.21. The van der Waals surface area contributed by atoms with E-state index in [-0.39, 0.29) is 36.8 Å². The fourth-order valence-corrected chi connectivity index (χ4v) is 3.36. The van der Waals surface area contributed by atoms with E-state index in [1.165, 1.54) is 0 Å². The molecule has 128 valence electrons. The second-order valence-corrected chi connectivity index (χ2v) is 6.08. The van der Waals surface area contributed by atoms with Gasteiger partial charge in [-0.1, -0.05) is 30.3 Å². The normalized spacial score (nSPS) is 11.1. The average Bonchev–Trinajstić information content (AvgIpc) is 2.89. The summed E-state index contributed by atoms with van der Waals surface area (Å²) in [6, 6.07) is 10.1. The predicted octanol–water partition coefficient (Wildman–Crippen LogP) is 3.83. The van der Waals surface area contributed by atoms with Crippen LogP contribution in [0.25, 0.3) is 10.6 Å². The molecule has 23 heavy (non-hydrogen) atoms. The van der Waals surface area contributed by atoms with Gasteiger partial charge in [0.25, 0.3) is 0 Å². The molecular formula is C16H23Cl2N3OS. The number of carbonyl (C=O) groups is 1. The fraction of sp³-hybridized carbons (Fsp3) is 0.375. The van der Waals surface area contributed by atoms with Gasteiger partial charge in [-0.2, -0.15) is 0 Å². The zero-order valence-corrected chi connectivity index (χ0v) is 15.9. The largest absolute Gasteiger partial charge is 0.338 e. The van der Waals surface area contributed by atoms with Gasteiger partial charge in [-0.05, 0) is 13.8 Å². The molecule has 7 heteroatoms. The maximum Gasteiger partial charge on any atom is 0.224 e. The average molecular weight is 376 g/mol. The minimum atomic E-state index is 0. The molecule has 1 aromatic heterocycles. The number of amides is 1. The molecule has 2 rings (SSSR count). The molecular weight excluding hydrogens is 353 g/mol. The van der Waals surface area contributed by atoms with Crippen LogP contribution in [0.2, 0.25) is 0 Å². The number of aryl methyl sites for hydroxylation is 1. The first-order valence-electron chi connectivity index (χ1n) is 7.03. The number of rotatable bonds is 5. The van der Waals surface area contributed by atoms with Crippen LogP contribution in [0.15, 0.2) is 30.3 Å². The number of aromatic nitrogens is 1. The molecule has 0 radical (unpaired) electrons. The highest BCUT2D eigenvalue weighted by atomic mass is 35.5. The summed E-state index contributed by atoms with van der Waals surface area (Å²) in [5.41, 5.74) is 7.55. The molecule has 0 bridgehead atoms. The number of thiazole rings is 1. The van der Waals surface area contributed by atoms with Gasteiger partial charge < -0.3 is 10.6 Å². The monoisotopic (exact) mass is 375 g/mol. The Balaban J connectivity index is 0.00000242. The number of carbonyl (C=O) groups excluding carboxylic acids is 1. The predicted molar refractivity (Wildman–Crippen MR) is 102 cm³/mol. The number of halogens is 2. The number of hydrogen-bond donors (Lipinski definition) is 1. The third-order valence-electron chi connectivity index (χ3n) is 3.57. The standard InChI is InChI=1S/C16H21N3OS.2ClH/c1-11-15(12(2)19(3)14(20)9-10-17)21-16(18-11)13-7-5-4-6-8-13;;/h4-8,12H,9-10,17H2,1-3H3;2*1H. The first-order chi connectivity index (χ1) is 10.0. The van der Waals surface area contributed by atoms with Crippen molar-refractivity contribution in [1.82, 2.24) is 9.88 Å². The molecule has 0 saturated carbocycles. The van der Waals surface area contributed by atoms with Gasteiger partial charge in [0, 0.05) is 25.6 Å². The Labute approximate surface area is 153 Å². The van der Waals surface area contributed by atoms with Gasteiger partial charge in [0.05, 0.1) is 16.6 Å². The molecule has 4 nitrogen and oxygen atoms in total. The molecule has 2 aromatic rings. The van der Waals surface area contributed by atoms with E-state index in [1.54, 1.807) is 16.2 Å². The van der Waals surface area contributed by atoms with Crippen molar-refractivity contribution in [2.45, 2.75) is 26.3 Å². The van der Waals surface area contributed by atoms with Crippen molar-refractivity contribution in [3.05, 3.63) is 40.9 Å². The van der Waals surface area contributed by atoms with Gasteiger partial charge in [0.1, 0.15) is 5.01 Å². The number of benzene rings is 1. The van der Waals surface area contributed by atoms with E-state index in [1.807, 2.05) is 39.1 Å². The molecule has 1 heterocycles. The summed E-state index contributed by atoms with van der Waals surface area (Å²) in [5, 5.41) is 0.995. The van der Waals surface area contributed by atoms with Crippen molar-refractivity contribution in [1.29, 1.82) is 0 Å². The molecule has 2 N–H and O–H groups in total. The van der Waals surface area contributed by atoms with Crippen molar-refractivity contribution in [2.75, 3.05) is 13.6 Å². The Morgan fingerprint density at radius 3 is 2.48 bits per heavy atom. The van der Waals surface area contributed by atoms with Crippen LogP contribution in [0, 0.1) is 6.92 Å². The van der Waals surface area contributed by atoms with Gasteiger partial charge >= 0.3 is 0 Å². The number of nitrogens with two attached hydrogens (primary N) is 1. The van der Waals surface area contributed by atoms with E-state index in [2.05, 4.69) is 17.1 Å². The molecule has 0 saturated heterocycles. The van der Waals surface area contributed by atoms with E-state index in [0.29, 0.717) is 13.0 Å². The lowest BCUT2D eigenvalue weighted by Crippen LogP contribution is -2.30. The van der Waals surface area contributed by atoms with Crippen LogP contribution in [0.1, 0.15) is 30.0 Å². The Hall–Kier alpha value is -1.14. The van der Waals surface area contributed by atoms with Gasteiger partial charge in [0.2, 0.25) is 5.91 Å². The van der Waals surface area contributed by atoms with Crippen molar-refractivity contribution < 1.29 is 4.79 Å². The van der Waals surface area contributed by atoms with Crippen LogP contribution in [-0.2, 0) is 4.79 Å². The summed E-state index contributed by atoms with van der Waals surface area (Å²) in [5.74, 6) is 0.0686. The molecule has 1 unspecified atom stereocenters. The Morgan fingerprint density at radius 1 is 1.30 bits per heavy atom. The van der Waals surface area contributed by atoms with E-state index in [9.17, 15) is 4.79 Å². The lowest BCUT2D eigenvalue weighted by molar-refractivity contribution is -0.131. The lowest BCUT2D eigenvalue weighted by Gasteiger charge is -2.24. The van der Waals surface area contributed by atoms with Crippen molar-refractivity contribution in [3.63, 3.8) is 0 Å². The SMILES string of the molecule is Cc1nc(-c2ccccc2)sc1C(C)N(C)C(=O)CCN.Cl.Cl. The molecule has 1 aromatic carbocycles. The van der Waals surface area contributed by atoms with Crippen LogP contribution in [0.5, 0.6) is 0 Å². The van der Waals surface area contributed by atoms with Crippen LogP contribution >= 0.6 is 36.2 Å². The van der Waals surface area contributed by atoms with E-state index in [0.717, 1.165) is 21.1 Å². The van der Waals surface area contributed by atoms with Gasteiger partial charge in [-0.3, -0.25) is 4.79 Å². The molecule has 0 aliphatic heterocycles. The maximum atomic E-state index is 12.0. The van der Waals surface area contributed by atoms with E-state index in [4.69, 9.17) is 5.73 Å². The topological polar surface area (TPSA) is 59.2 Å². The Kier molecular flexibility index (Phi) is 9.39. The summed E-state index contributed by atoms with van der Waals surface area (Å²) in [7, 11) is 1.82. The zero-order valence-electron chi connectivity index (χ0n) is 13.5. The number of hydrogen-bond acceptors (Lipinski definition) is 4. The Bertz CT molecular complexity index is 619. The smallest absolute Gasteiger partial charge is 0.224 e. The highest BCUT2D eigenvalue weighted by Crippen LogP contribution is 2.33. The highest BCUT2D eigenvalue weighted by molar-refractivity contribution is 7.15. The van der Waals surface area contributed by atoms with Crippen LogP contribution in [-0.4, -0.2) is 29.4 Å². The summed E-state index contributed by atoms with van der Waals surface area (Å²) in [6.45, 7) is 4.41. The maximum absolute atomic E-state index is 12.0. The first kappa shape index (κ1) is 21.9. The summed E-state index contributed by atoms with van der Waals surface area (Å²) in [4.78, 5) is 19.5. The fourth-order valence-electron chi connectivity index (χ4n) is 2.19. The van der Waals surface area contributed by atoms with Crippen molar-refractivity contribution in [2.24, 2.45) is 5.73 Å². The van der Waals surface area contributed by atoms with E-state index < -0.39 is 0 Å². The number of nitrogens with zero attached hydrogens (tertiary/aromatic N) is 2. The quantitative estimate of drug-likeness (QED) is 0.863. The molecule has 1 atom stereocenters. The third-order valence-corrected chi connectivity index (χ3v) is 4.94. The molecule has 0 aliphatic carbocycles. The van der Waals surface area contributed by atoms with Crippen molar-refractivity contribution in [3.8, 4) is 10.6 Å². The minimum absolute atomic E-state index is 0. The first-order valence-corrected chi connectivity index (χ1v) is 7.84. The summed E-state index contributed by atoms with van der Waals surface area (Å²) < 4.78 is 0. The molecule has 0 aliphatic rings. The van der Waals surface area contributed by atoms with Crippen LogP contribution in [0.3, 0.4) is 0 Å². The second-order valence-electron chi connectivity index (χ2n) is 5.05. The van der Waals surface area contributed by atoms with Crippen molar-refractivity contribution >= 4 is 42.1 Å². The molecule has 0 fully saturated rings. The minimum Gasteiger partial charge on any atom is -0.338 e. The Morgan fingerprint density at radius 2 is 1.91 bits per heavy atom.